The van der Waals surface area contributed by atoms with E-state index in [2.05, 4.69) is 4.98 Å². The normalized spacial score (nSPS) is 9.61. The highest BCUT2D eigenvalue weighted by molar-refractivity contribution is 5.88. The molecule has 0 atom stereocenters. The third-order valence-electron chi connectivity index (χ3n) is 2.55. The van der Waals surface area contributed by atoms with Crippen molar-refractivity contribution in [2.75, 3.05) is 5.73 Å². The monoisotopic (exact) mass is 264 g/mol. The largest absolute Gasteiger partial charge is 0.478 e. The molecule has 0 aliphatic rings. The number of nitrogen functional groups attached to an aromatic ring is 1. The molecule has 0 saturated heterocycles. The molecule has 0 radical (unpaired) electrons. The van der Waals surface area contributed by atoms with E-state index in [0.29, 0.717) is 5.82 Å². The topological polar surface area (TPSA) is 76.2 Å². The highest BCUT2D eigenvalue weighted by Gasteiger charge is 2.05. The first-order valence-corrected chi connectivity index (χ1v) is 5.15. The highest BCUT2D eigenvalue weighted by Crippen LogP contribution is 2.23. The molecular formula is C13H13ClN2O2. The minimum absolute atomic E-state index is 0. The maximum absolute atomic E-state index is 10.7. The second kappa shape index (κ2) is 5.51. The molecule has 0 spiro atoms. The summed E-state index contributed by atoms with van der Waals surface area (Å²) in [5.41, 5.74) is 8.57. The molecule has 1 aromatic heterocycles. The van der Waals surface area contributed by atoms with Crippen LogP contribution in [0.5, 0.6) is 0 Å². The zero-order chi connectivity index (χ0) is 12.4. The van der Waals surface area contributed by atoms with Crippen LogP contribution in [-0.2, 0) is 0 Å². The number of aromatic carboxylic acids is 1. The number of nitrogens with two attached hydrogens (primary N) is 1. The highest BCUT2D eigenvalue weighted by atomic mass is 35.5. The minimum Gasteiger partial charge on any atom is -0.478 e. The summed E-state index contributed by atoms with van der Waals surface area (Å²) in [5.74, 6) is -0.447. The van der Waals surface area contributed by atoms with Crippen LogP contribution >= 0.6 is 12.4 Å². The number of halogens is 1. The lowest BCUT2D eigenvalue weighted by atomic mass is 10.0. The summed E-state index contributed by atoms with van der Waals surface area (Å²) in [4.78, 5) is 14.9. The predicted molar refractivity (Wildman–Crippen MR) is 73.0 cm³/mol. The molecular weight excluding hydrogens is 252 g/mol. The van der Waals surface area contributed by atoms with Gasteiger partial charge in [0, 0.05) is 11.3 Å². The number of benzene rings is 1. The lowest BCUT2D eigenvalue weighted by molar-refractivity contribution is 0.0697. The third-order valence-corrected chi connectivity index (χ3v) is 2.55. The van der Waals surface area contributed by atoms with Crippen LogP contribution in [0, 0.1) is 6.92 Å². The number of carbonyl (C=O) groups is 1. The summed E-state index contributed by atoms with van der Waals surface area (Å²) in [6, 6.07) is 10.3. The fourth-order valence-electron chi connectivity index (χ4n) is 1.68. The fourth-order valence-corrected chi connectivity index (χ4v) is 1.68. The molecule has 1 aromatic carbocycles. The Morgan fingerprint density at radius 2 is 1.78 bits per heavy atom. The van der Waals surface area contributed by atoms with Gasteiger partial charge in [0.05, 0.1) is 5.56 Å². The molecule has 1 heterocycles. The Bertz CT molecular complexity index is 568. The van der Waals surface area contributed by atoms with Crippen LogP contribution in [0.15, 0.2) is 36.4 Å². The fraction of sp³-hybridized carbons (Fsp3) is 0.0769. The van der Waals surface area contributed by atoms with Gasteiger partial charge >= 0.3 is 5.97 Å². The van der Waals surface area contributed by atoms with Gasteiger partial charge in [-0.3, -0.25) is 0 Å². The van der Waals surface area contributed by atoms with Gasteiger partial charge in [0.15, 0.2) is 0 Å². The number of nitrogens with zero attached hydrogens (tertiary/aromatic N) is 1. The second-order valence-electron chi connectivity index (χ2n) is 3.75. The summed E-state index contributed by atoms with van der Waals surface area (Å²) < 4.78 is 0. The molecule has 18 heavy (non-hydrogen) atoms. The van der Waals surface area contributed by atoms with Crippen molar-refractivity contribution < 1.29 is 9.90 Å². The quantitative estimate of drug-likeness (QED) is 0.874. The van der Waals surface area contributed by atoms with E-state index in [1.807, 2.05) is 13.0 Å². The molecule has 0 aliphatic heterocycles. The zero-order valence-corrected chi connectivity index (χ0v) is 10.6. The lowest BCUT2D eigenvalue weighted by Crippen LogP contribution is -1.96. The van der Waals surface area contributed by atoms with Crippen molar-refractivity contribution in [2.45, 2.75) is 6.92 Å². The van der Waals surface area contributed by atoms with Gasteiger partial charge in [0.25, 0.3) is 0 Å². The molecule has 2 rings (SSSR count). The Morgan fingerprint density at radius 1 is 1.17 bits per heavy atom. The Hall–Kier alpha value is -2.07. The summed E-state index contributed by atoms with van der Waals surface area (Å²) in [5, 5.41) is 8.81. The predicted octanol–water partition coefficient (Wildman–Crippen LogP) is 2.76. The smallest absolute Gasteiger partial charge is 0.335 e. The Morgan fingerprint density at radius 3 is 2.28 bits per heavy atom. The van der Waals surface area contributed by atoms with Crippen molar-refractivity contribution in [3.8, 4) is 11.1 Å². The standard InChI is InChI=1S/C13H12N2O2.ClH/c1-8-11(6-7-12(14)15-8)9-2-4-10(5-3-9)13(16)17;/h2-7H,1H3,(H2,14,15)(H,16,17);1H. The van der Waals surface area contributed by atoms with Crippen molar-refractivity contribution in [3.63, 3.8) is 0 Å². The number of carboxylic acids is 1. The first-order valence-electron chi connectivity index (χ1n) is 5.15. The second-order valence-corrected chi connectivity index (χ2v) is 3.75. The molecule has 94 valence electrons. The Balaban J connectivity index is 0.00000162. The van der Waals surface area contributed by atoms with Crippen LogP contribution in [0.3, 0.4) is 0 Å². The van der Waals surface area contributed by atoms with Crippen LogP contribution < -0.4 is 5.73 Å². The van der Waals surface area contributed by atoms with E-state index in [1.54, 1.807) is 30.3 Å². The summed E-state index contributed by atoms with van der Waals surface area (Å²) in [6.45, 7) is 1.87. The van der Waals surface area contributed by atoms with Gasteiger partial charge in [-0.25, -0.2) is 9.78 Å². The Labute approximate surface area is 111 Å². The van der Waals surface area contributed by atoms with Crippen molar-refractivity contribution in [1.82, 2.24) is 4.98 Å². The number of hydrogen-bond donors (Lipinski definition) is 2. The van der Waals surface area contributed by atoms with Gasteiger partial charge in [-0.15, -0.1) is 12.4 Å². The van der Waals surface area contributed by atoms with E-state index in [4.69, 9.17) is 10.8 Å². The van der Waals surface area contributed by atoms with Crippen molar-refractivity contribution in [3.05, 3.63) is 47.7 Å². The van der Waals surface area contributed by atoms with Crippen LogP contribution in [0.2, 0.25) is 0 Å². The van der Waals surface area contributed by atoms with E-state index < -0.39 is 5.97 Å². The van der Waals surface area contributed by atoms with E-state index in [-0.39, 0.29) is 18.0 Å². The van der Waals surface area contributed by atoms with Gasteiger partial charge in [0.2, 0.25) is 0 Å². The van der Waals surface area contributed by atoms with E-state index in [0.717, 1.165) is 16.8 Å². The van der Waals surface area contributed by atoms with Crippen molar-refractivity contribution in [1.29, 1.82) is 0 Å². The molecule has 0 unspecified atom stereocenters. The zero-order valence-electron chi connectivity index (χ0n) is 9.75. The SMILES string of the molecule is Cc1nc(N)ccc1-c1ccc(C(=O)O)cc1.Cl. The molecule has 0 saturated carbocycles. The lowest BCUT2D eigenvalue weighted by Gasteiger charge is -2.06. The number of hydrogen-bond acceptors (Lipinski definition) is 3. The van der Waals surface area contributed by atoms with Gasteiger partial charge in [0.1, 0.15) is 5.82 Å². The summed E-state index contributed by atoms with van der Waals surface area (Å²) >= 11 is 0. The molecule has 0 aliphatic carbocycles. The number of aryl methyl sites for hydroxylation is 1. The Kier molecular flexibility index (Phi) is 4.28. The van der Waals surface area contributed by atoms with Crippen LogP contribution in [0.4, 0.5) is 5.82 Å². The molecule has 0 fully saturated rings. The average Bonchev–Trinajstić information content (AvgIpc) is 2.29. The molecule has 2 aromatic rings. The third kappa shape index (κ3) is 2.78. The van der Waals surface area contributed by atoms with Gasteiger partial charge in [-0.05, 0) is 36.8 Å². The summed E-state index contributed by atoms with van der Waals surface area (Å²) in [7, 11) is 0. The number of anilines is 1. The number of rotatable bonds is 2. The van der Waals surface area contributed by atoms with Crippen LogP contribution in [0.1, 0.15) is 16.1 Å². The first kappa shape index (κ1) is 14.0. The number of carboxylic acid groups (broad SMARTS) is 1. The van der Waals surface area contributed by atoms with Crippen LogP contribution in [0.25, 0.3) is 11.1 Å². The first-order chi connectivity index (χ1) is 8.08. The number of pyridine rings is 1. The van der Waals surface area contributed by atoms with Crippen LogP contribution in [-0.4, -0.2) is 16.1 Å². The maximum Gasteiger partial charge on any atom is 0.335 e. The average molecular weight is 265 g/mol. The molecule has 5 heteroatoms. The van der Waals surface area contributed by atoms with E-state index in [1.165, 1.54) is 0 Å². The van der Waals surface area contributed by atoms with E-state index >= 15 is 0 Å². The van der Waals surface area contributed by atoms with E-state index in [9.17, 15) is 4.79 Å². The summed E-state index contributed by atoms with van der Waals surface area (Å²) in [6.07, 6.45) is 0. The number of aromatic nitrogens is 1. The molecule has 0 amide bonds. The van der Waals surface area contributed by atoms with Gasteiger partial charge < -0.3 is 10.8 Å². The van der Waals surface area contributed by atoms with Crippen molar-refractivity contribution in [2.24, 2.45) is 0 Å². The van der Waals surface area contributed by atoms with Crippen molar-refractivity contribution >= 4 is 24.2 Å². The van der Waals surface area contributed by atoms with Gasteiger partial charge in [-0.2, -0.15) is 0 Å². The minimum atomic E-state index is -0.927. The van der Waals surface area contributed by atoms with Gasteiger partial charge in [-0.1, -0.05) is 12.1 Å². The molecule has 0 bridgehead atoms. The maximum atomic E-state index is 10.7. The molecule has 4 nitrogen and oxygen atoms in total. The molecule has 3 N–H and O–H groups in total.